The maximum atomic E-state index is 12.7. The van der Waals surface area contributed by atoms with Crippen molar-refractivity contribution < 1.29 is 18.0 Å². The van der Waals surface area contributed by atoms with Crippen LogP contribution >= 0.6 is 0 Å². The third-order valence-electron chi connectivity index (χ3n) is 3.59. The lowest BCUT2D eigenvalue weighted by molar-refractivity contribution is -0.137. The van der Waals surface area contributed by atoms with Crippen LogP contribution in [0.15, 0.2) is 35.5 Å². The number of hydrogen-bond acceptors (Lipinski definition) is 3. The van der Waals surface area contributed by atoms with Crippen molar-refractivity contribution in [1.82, 2.24) is 9.97 Å². The minimum atomic E-state index is -4.61. The number of aromatic nitrogens is 2. The van der Waals surface area contributed by atoms with Gasteiger partial charge in [-0.3, -0.25) is 14.6 Å². The molecule has 0 atom stereocenters. The fourth-order valence-corrected chi connectivity index (χ4v) is 2.26. The first-order valence-electron chi connectivity index (χ1n) is 6.91. The molecule has 0 unspecified atom stereocenters. The summed E-state index contributed by atoms with van der Waals surface area (Å²) in [5.74, 6) is -0.386. The van der Waals surface area contributed by atoms with Crippen LogP contribution in [0.4, 0.5) is 18.9 Å². The van der Waals surface area contributed by atoms with E-state index in [-0.39, 0.29) is 5.92 Å². The van der Waals surface area contributed by atoms with Crippen LogP contribution in [0.25, 0.3) is 0 Å². The molecule has 1 saturated carbocycles. The molecule has 1 aliphatic carbocycles. The number of rotatable bonds is 3. The predicted molar refractivity (Wildman–Crippen MR) is 76.2 cm³/mol. The smallest absolute Gasteiger partial charge is 0.327 e. The highest BCUT2D eigenvalue weighted by Crippen LogP contribution is 2.41. The number of alkyl halides is 3. The fourth-order valence-electron chi connectivity index (χ4n) is 2.26. The van der Waals surface area contributed by atoms with Crippen molar-refractivity contribution in [3.8, 4) is 0 Å². The summed E-state index contributed by atoms with van der Waals surface area (Å²) >= 11 is 0. The van der Waals surface area contributed by atoms with Gasteiger partial charge in [0.25, 0.3) is 11.5 Å². The second kappa shape index (κ2) is 5.53. The number of aromatic amines is 1. The Morgan fingerprint density at radius 3 is 2.74 bits per heavy atom. The highest BCUT2D eigenvalue weighted by molar-refractivity contribution is 6.05. The van der Waals surface area contributed by atoms with E-state index in [4.69, 9.17) is 0 Å². The van der Waals surface area contributed by atoms with Gasteiger partial charge in [0.05, 0.1) is 5.56 Å². The van der Waals surface area contributed by atoms with E-state index in [0.717, 1.165) is 18.4 Å². The van der Waals surface area contributed by atoms with Crippen molar-refractivity contribution in [2.45, 2.75) is 24.9 Å². The van der Waals surface area contributed by atoms with Crippen LogP contribution in [0.5, 0.6) is 0 Å². The Hall–Kier alpha value is -2.64. The minimum Gasteiger partial charge on any atom is -0.327 e. The van der Waals surface area contributed by atoms with E-state index in [9.17, 15) is 22.8 Å². The second-order valence-electron chi connectivity index (χ2n) is 5.32. The van der Waals surface area contributed by atoms with Crippen molar-refractivity contribution in [2.24, 2.45) is 0 Å². The zero-order chi connectivity index (χ0) is 16.6. The van der Waals surface area contributed by atoms with E-state index in [1.807, 2.05) is 4.98 Å². The van der Waals surface area contributed by atoms with Crippen molar-refractivity contribution in [1.29, 1.82) is 0 Å². The largest absolute Gasteiger partial charge is 0.417 e. The summed E-state index contributed by atoms with van der Waals surface area (Å²) in [6, 6.07) is 2.11. The Labute approximate surface area is 128 Å². The molecule has 8 heteroatoms. The molecular formula is C15H12F3N3O2. The molecule has 2 heterocycles. The number of carbonyl (C=O) groups excluding carboxylic acids is 1. The number of hydrogen-bond donors (Lipinski definition) is 2. The number of halogens is 3. The molecule has 5 nitrogen and oxygen atoms in total. The van der Waals surface area contributed by atoms with Crippen LogP contribution in [0.3, 0.4) is 0 Å². The Morgan fingerprint density at radius 2 is 2.09 bits per heavy atom. The van der Waals surface area contributed by atoms with Crippen molar-refractivity contribution >= 4 is 11.6 Å². The molecule has 1 aliphatic rings. The highest BCUT2D eigenvalue weighted by Gasteiger charge is 2.32. The summed E-state index contributed by atoms with van der Waals surface area (Å²) < 4.78 is 38.1. The van der Waals surface area contributed by atoms with Crippen molar-refractivity contribution in [2.75, 3.05) is 5.32 Å². The zero-order valence-electron chi connectivity index (χ0n) is 11.8. The van der Waals surface area contributed by atoms with E-state index < -0.39 is 28.9 Å². The molecule has 23 heavy (non-hydrogen) atoms. The standard InChI is InChI=1S/C15H12F3N3O2/c16-15(17,18)9-5-12(14(23)20-6-9)21-13(22)10-3-4-19-7-11(10)8-1-2-8/h3-8H,1-2H2,(H,20,23)(H,21,22). The molecule has 0 aliphatic heterocycles. The van der Waals surface area contributed by atoms with Crippen LogP contribution in [0, 0.1) is 0 Å². The normalized spacial score (nSPS) is 14.6. The minimum absolute atomic E-state index is 0.240. The van der Waals surface area contributed by atoms with Gasteiger partial charge < -0.3 is 10.3 Å². The van der Waals surface area contributed by atoms with Crippen LogP contribution in [-0.2, 0) is 6.18 Å². The lowest BCUT2D eigenvalue weighted by atomic mass is 10.1. The van der Waals surface area contributed by atoms with E-state index in [1.165, 1.54) is 12.3 Å². The molecule has 120 valence electrons. The molecule has 3 rings (SSSR count). The first kappa shape index (κ1) is 15.3. The average Bonchev–Trinajstić information content (AvgIpc) is 3.33. The Balaban J connectivity index is 1.90. The molecular weight excluding hydrogens is 311 g/mol. The van der Waals surface area contributed by atoms with Gasteiger partial charge in [0.2, 0.25) is 0 Å². The SMILES string of the molecule is O=C(Nc1cc(C(F)(F)F)c[nH]c1=O)c1ccncc1C1CC1. The van der Waals surface area contributed by atoms with E-state index in [2.05, 4.69) is 10.3 Å². The lowest BCUT2D eigenvalue weighted by Crippen LogP contribution is -2.22. The summed E-state index contributed by atoms with van der Waals surface area (Å²) in [6.07, 6.45) is 0.839. The fraction of sp³-hybridized carbons (Fsp3) is 0.267. The number of amides is 1. The van der Waals surface area contributed by atoms with Crippen molar-refractivity contribution in [3.05, 3.63) is 57.8 Å². The molecule has 0 radical (unpaired) electrons. The third-order valence-corrected chi connectivity index (χ3v) is 3.59. The first-order chi connectivity index (χ1) is 10.9. The van der Waals surface area contributed by atoms with Gasteiger partial charge in [-0.2, -0.15) is 13.2 Å². The van der Waals surface area contributed by atoms with Gasteiger partial charge in [-0.25, -0.2) is 0 Å². The molecule has 1 fully saturated rings. The third kappa shape index (κ3) is 3.25. The summed E-state index contributed by atoms with van der Waals surface area (Å²) in [5, 5.41) is 2.25. The van der Waals surface area contributed by atoms with Crippen LogP contribution in [0.2, 0.25) is 0 Å². The number of nitrogens with one attached hydrogen (secondary N) is 2. The number of carbonyl (C=O) groups is 1. The Kier molecular flexibility index (Phi) is 3.67. The predicted octanol–water partition coefficient (Wildman–Crippen LogP) is 2.92. The molecule has 0 saturated heterocycles. The van der Waals surface area contributed by atoms with E-state index in [0.29, 0.717) is 17.8 Å². The molecule has 2 aromatic heterocycles. The molecule has 0 aromatic carbocycles. The average molecular weight is 323 g/mol. The molecule has 0 spiro atoms. The topological polar surface area (TPSA) is 74.8 Å². The van der Waals surface area contributed by atoms with E-state index in [1.54, 1.807) is 6.20 Å². The van der Waals surface area contributed by atoms with Gasteiger partial charge in [0, 0.05) is 24.2 Å². The van der Waals surface area contributed by atoms with Gasteiger partial charge in [-0.1, -0.05) is 0 Å². The van der Waals surface area contributed by atoms with Gasteiger partial charge >= 0.3 is 6.18 Å². The quantitative estimate of drug-likeness (QED) is 0.912. The number of anilines is 1. The monoisotopic (exact) mass is 323 g/mol. The van der Waals surface area contributed by atoms with Crippen LogP contribution < -0.4 is 10.9 Å². The maximum absolute atomic E-state index is 12.7. The molecule has 2 aromatic rings. The van der Waals surface area contributed by atoms with Gasteiger partial charge in [-0.15, -0.1) is 0 Å². The number of H-pyrrole nitrogens is 1. The van der Waals surface area contributed by atoms with Gasteiger partial charge in [-0.05, 0) is 36.5 Å². The van der Waals surface area contributed by atoms with Crippen LogP contribution in [-0.4, -0.2) is 15.9 Å². The summed E-state index contributed by atoms with van der Waals surface area (Å²) in [6.45, 7) is 0. The molecule has 2 N–H and O–H groups in total. The number of nitrogens with zero attached hydrogens (tertiary/aromatic N) is 1. The molecule has 0 bridgehead atoms. The Bertz CT molecular complexity index is 810. The summed E-state index contributed by atoms with van der Waals surface area (Å²) in [5.41, 5.74) is -1.21. The number of pyridine rings is 2. The summed E-state index contributed by atoms with van der Waals surface area (Å²) in [7, 11) is 0. The van der Waals surface area contributed by atoms with Gasteiger partial charge in [0.1, 0.15) is 5.69 Å². The lowest BCUT2D eigenvalue weighted by Gasteiger charge is -2.11. The van der Waals surface area contributed by atoms with E-state index >= 15 is 0 Å². The zero-order valence-corrected chi connectivity index (χ0v) is 11.8. The summed E-state index contributed by atoms with van der Waals surface area (Å²) in [4.78, 5) is 29.9. The van der Waals surface area contributed by atoms with Gasteiger partial charge in [0.15, 0.2) is 0 Å². The maximum Gasteiger partial charge on any atom is 0.417 e. The van der Waals surface area contributed by atoms with Crippen molar-refractivity contribution in [3.63, 3.8) is 0 Å². The van der Waals surface area contributed by atoms with Crippen LogP contribution in [0.1, 0.15) is 40.2 Å². The highest BCUT2D eigenvalue weighted by atomic mass is 19.4. The Morgan fingerprint density at radius 1 is 1.35 bits per heavy atom. The molecule has 1 amide bonds. The second-order valence-corrected chi connectivity index (χ2v) is 5.32. The first-order valence-corrected chi connectivity index (χ1v) is 6.91.